The van der Waals surface area contributed by atoms with Crippen LogP contribution in [0.5, 0.6) is 0 Å². The number of carbonyl (C=O) groups is 2. The Morgan fingerprint density at radius 1 is 0.964 bits per heavy atom. The third-order valence-corrected chi connectivity index (χ3v) is 5.11. The topological polar surface area (TPSA) is 71.1 Å². The van der Waals surface area contributed by atoms with Crippen molar-refractivity contribution in [3.05, 3.63) is 82.5 Å². The molecule has 0 aliphatic heterocycles. The van der Waals surface area contributed by atoms with E-state index in [1.54, 1.807) is 54.7 Å². The molecule has 28 heavy (non-hydrogen) atoms. The van der Waals surface area contributed by atoms with Crippen LogP contribution in [-0.2, 0) is 4.79 Å². The number of pyridine rings is 1. The molecule has 1 heterocycles. The summed E-state index contributed by atoms with van der Waals surface area (Å²) in [6, 6.07) is 17.2. The Bertz CT molecular complexity index is 1000. The average molecular weight is 432 g/mol. The van der Waals surface area contributed by atoms with Gasteiger partial charge in [-0.3, -0.25) is 9.59 Å². The van der Waals surface area contributed by atoms with Crippen LogP contribution in [0.15, 0.2) is 71.8 Å². The van der Waals surface area contributed by atoms with Crippen molar-refractivity contribution in [2.24, 2.45) is 0 Å². The summed E-state index contributed by atoms with van der Waals surface area (Å²) in [5.41, 5.74) is 0.935. The highest BCUT2D eigenvalue weighted by Gasteiger charge is 2.11. The fourth-order valence-corrected chi connectivity index (χ4v) is 3.55. The van der Waals surface area contributed by atoms with Crippen LogP contribution in [0, 0.1) is 0 Å². The molecule has 0 spiro atoms. The Labute approximate surface area is 176 Å². The Balaban J connectivity index is 1.59. The van der Waals surface area contributed by atoms with Crippen molar-refractivity contribution >= 4 is 58.3 Å². The molecule has 142 valence electrons. The maximum atomic E-state index is 12.4. The normalized spacial score (nSPS) is 10.4. The number of anilines is 2. The third kappa shape index (κ3) is 5.73. The number of nitrogens with zero attached hydrogens (tertiary/aromatic N) is 1. The molecule has 0 bridgehead atoms. The summed E-state index contributed by atoms with van der Waals surface area (Å²) in [5, 5.41) is 6.26. The fraction of sp³-hybridized carbons (Fsp3) is 0.0500. The molecular formula is C20H15Cl2N3O2S. The molecule has 0 saturated carbocycles. The minimum absolute atomic E-state index is 0.161. The molecule has 0 saturated heterocycles. The van der Waals surface area contributed by atoms with Gasteiger partial charge in [0.25, 0.3) is 5.91 Å². The molecule has 8 heteroatoms. The van der Waals surface area contributed by atoms with Crippen molar-refractivity contribution in [1.82, 2.24) is 4.98 Å². The zero-order valence-corrected chi connectivity index (χ0v) is 16.8. The summed E-state index contributed by atoms with van der Waals surface area (Å²) in [5.74, 6) is 0.230. The zero-order chi connectivity index (χ0) is 19.9. The van der Waals surface area contributed by atoms with Crippen molar-refractivity contribution < 1.29 is 9.59 Å². The number of hydrogen-bond acceptors (Lipinski definition) is 4. The number of hydrogen-bond donors (Lipinski definition) is 2. The molecule has 2 N–H and O–H groups in total. The van der Waals surface area contributed by atoms with E-state index in [0.29, 0.717) is 22.1 Å². The van der Waals surface area contributed by atoms with E-state index in [1.807, 2.05) is 6.07 Å². The first-order chi connectivity index (χ1) is 13.5. The summed E-state index contributed by atoms with van der Waals surface area (Å²) in [6.45, 7) is 0. The largest absolute Gasteiger partial charge is 0.322 e. The SMILES string of the molecule is O=C(CSc1cccc(NC(=O)c2ccc(Cl)cc2Cl)c1)Nc1ccccn1. The van der Waals surface area contributed by atoms with Gasteiger partial charge in [0, 0.05) is 21.8 Å². The first-order valence-corrected chi connectivity index (χ1v) is 9.95. The number of amides is 2. The Kier molecular flexibility index (Phi) is 6.92. The van der Waals surface area contributed by atoms with Crippen molar-refractivity contribution in [2.75, 3.05) is 16.4 Å². The van der Waals surface area contributed by atoms with E-state index in [4.69, 9.17) is 23.2 Å². The molecule has 2 aromatic carbocycles. The van der Waals surface area contributed by atoms with Crippen LogP contribution in [0.4, 0.5) is 11.5 Å². The van der Waals surface area contributed by atoms with E-state index >= 15 is 0 Å². The van der Waals surface area contributed by atoms with Gasteiger partial charge < -0.3 is 10.6 Å². The lowest BCUT2D eigenvalue weighted by Gasteiger charge is -2.09. The van der Waals surface area contributed by atoms with Crippen LogP contribution in [0.25, 0.3) is 0 Å². The predicted octanol–water partition coefficient (Wildman–Crippen LogP) is 5.37. The van der Waals surface area contributed by atoms with E-state index in [-0.39, 0.29) is 22.6 Å². The van der Waals surface area contributed by atoms with Crippen LogP contribution in [0.3, 0.4) is 0 Å². The predicted molar refractivity (Wildman–Crippen MR) is 114 cm³/mol. The molecule has 0 radical (unpaired) electrons. The van der Waals surface area contributed by atoms with Gasteiger partial charge >= 0.3 is 0 Å². The first-order valence-electron chi connectivity index (χ1n) is 8.21. The van der Waals surface area contributed by atoms with Crippen LogP contribution in [-0.4, -0.2) is 22.6 Å². The molecule has 2 amide bonds. The zero-order valence-electron chi connectivity index (χ0n) is 14.5. The van der Waals surface area contributed by atoms with Crippen LogP contribution < -0.4 is 10.6 Å². The van der Waals surface area contributed by atoms with Gasteiger partial charge in [0.2, 0.25) is 5.91 Å². The van der Waals surface area contributed by atoms with E-state index in [0.717, 1.165) is 4.90 Å². The summed E-state index contributed by atoms with van der Waals surface area (Å²) < 4.78 is 0. The number of rotatable bonds is 6. The Morgan fingerprint density at radius 3 is 2.57 bits per heavy atom. The first kappa shape index (κ1) is 20.2. The Morgan fingerprint density at radius 2 is 1.82 bits per heavy atom. The fourth-order valence-electron chi connectivity index (χ4n) is 2.30. The van der Waals surface area contributed by atoms with E-state index in [9.17, 15) is 9.59 Å². The molecule has 0 aliphatic carbocycles. The van der Waals surface area contributed by atoms with E-state index in [1.165, 1.54) is 17.8 Å². The number of aromatic nitrogens is 1. The molecule has 5 nitrogen and oxygen atoms in total. The van der Waals surface area contributed by atoms with Gasteiger partial charge in [0.1, 0.15) is 5.82 Å². The molecule has 0 aliphatic rings. The molecule has 1 aromatic heterocycles. The van der Waals surface area contributed by atoms with Crippen LogP contribution in [0.2, 0.25) is 10.0 Å². The van der Waals surface area contributed by atoms with Crippen molar-refractivity contribution in [3.63, 3.8) is 0 Å². The van der Waals surface area contributed by atoms with Gasteiger partial charge in [-0.15, -0.1) is 11.8 Å². The number of thioether (sulfide) groups is 1. The quantitative estimate of drug-likeness (QED) is 0.514. The molecule has 3 aromatic rings. The molecule has 0 fully saturated rings. The smallest absolute Gasteiger partial charge is 0.257 e. The van der Waals surface area contributed by atoms with Crippen molar-refractivity contribution in [1.29, 1.82) is 0 Å². The van der Waals surface area contributed by atoms with Crippen LogP contribution >= 0.6 is 35.0 Å². The van der Waals surface area contributed by atoms with Crippen molar-refractivity contribution in [2.45, 2.75) is 4.90 Å². The number of benzene rings is 2. The van der Waals surface area contributed by atoms with Gasteiger partial charge in [-0.05, 0) is 48.5 Å². The highest BCUT2D eigenvalue weighted by atomic mass is 35.5. The van der Waals surface area contributed by atoms with Gasteiger partial charge in [0.05, 0.1) is 16.3 Å². The minimum Gasteiger partial charge on any atom is -0.322 e. The summed E-state index contributed by atoms with van der Waals surface area (Å²) >= 11 is 13.3. The standard InChI is InChI=1S/C20H15Cl2N3O2S/c21-13-7-8-16(17(22)10-13)20(27)24-14-4-3-5-15(11-14)28-12-19(26)25-18-6-1-2-9-23-18/h1-11H,12H2,(H,24,27)(H,23,25,26). The lowest BCUT2D eigenvalue weighted by Crippen LogP contribution is -2.15. The molecule has 3 rings (SSSR count). The molecular weight excluding hydrogens is 417 g/mol. The number of halogens is 2. The summed E-state index contributed by atoms with van der Waals surface area (Å²) in [4.78, 5) is 29.3. The van der Waals surface area contributed by atoms with Crippen molar-refractivity contribution in [3.8, 4) is 0 Å². The lowest BCUT2D eigenvalue weighted by atomic mass is 10.2. The van der Waals surface area contributed by atoms with E-state index in [2.05, 4.69) is 15.6 Å². The average Bonchev–Trinajstić information content (AvgIpc) is 2.67. The second-order valence-electron chi connectivity index (χ2n) is 5.66. The maximum absolute atomic E-state index is 12.4. The summed E-state index contributed by atoms with van der Waals surface area (Å²) in [6.07, 6.45) is 1.61. The molecule has 0 atom stereocenters. The highest BCUT2D eigenvalue weighted by molar-refractivity contribution is 8.00. The van der Waals surface area contributed by atoms with Gasteiger partial charge in [-0.25, -0.2) is 4.98 Å². The second kappa shape index (κ2) is 9.59. The monoisotopic (exact) mass is 431 g/mol. The Hall–Kier alpha value is -2.54. The second-order valence-corrected chi connectivity index (χ2v) is 7.55. The van der Waals surface area contributed by atoms with Crippen LogP contribution in [0.1, 0.15) is 10.4 Å². The molecule has 0 unspecified atom stereocenters. The van der Waals surface area contributed by atoms with E-state index < -0.39 is 0 Å². The number of nitrogens with one attached hydrogen (secondary N) is 2. The van der Waals surface area contributed by atoms with Gasteiger partial charge in [-0.2, -0.15) is 0 Å². The summed E-state index contributed by atoms with van der Waals surface area (Å²) in [7, 11) is 0. The highest BCUT2D eigenvalue weighted by Crippen LogP contribution is 2.24. The minimum atomic E-state index is -0.336. The lowest BCUT2D eigenvalue weighted by molar-refractivity contribution is -0.113. The maximum Gasteiger partial charge on any atom is 0.257 e. The third-order valence-electron chi connectivity index (χ3n) is 3.57. The van der Waals surface area contributed by atoms with Gasteiger partial charge in [0.15, 0.2) is 0 Å². The number of carbonyl (C=O) groups excluding carboxylic acids is 2. The van der Waals surface area contributed by atoms with Gasteiger partial charge in [-0.1, -0.05) is 35.3 Å².